The summed E-state index contributed by atoms with van der Waals surface area (Å²) in [6.45, 7) is 3.67. The number of nitrogens with zero attached hydrogens (tertiary/aromatic N) is 2. The maximum Gasteiger partial charge on any atom is 0.238 e. The van der Waals surface area contributed by atoms with Gasteiger partial charge in [-0.3, -0.25) is 9.89 Å². The second kappa shape index (κ2) is 4.66. The fourth-order valence-electron chi connectivity index (χ4n) is 1.46. The van der Waals surface area contributed by atoms with Crippen molar-refractivity contribution in [3.63, 3.8) is 0 Å². The van der Waals surface area contributed by atoms with Gasteiger partial charge in [0.25, 0.3) is 0 Å². The Kier molecular flexibility index (Phi) is 3.39. The topological polar surface area (TPSA) is 96.7 Å². The highest BCUT2D eigenvalue weighted by atomic mass is 32.2. The lowest BCUT2D eigenvalue weighted by atomic mass is 10.1. The summed E-state index contributed by atoms with van der Waals surface area (Å²) in [4.78, 5) is 15.7. The number of aromatic nitrogens is 3. The molecule has 1 heterocycles. The molecule has 1 aliphatic carbocycles. The highest BCUT2D eigenvalue weighted by molar-refractivity contribution is 7.99. The van der Waals surface area contributed by atoms with E-state index in [1.54, 1.807) is 0 Å². The smallest absolute Gasteiger partial charge is 0.238 e. The lowest BCUT2D eigenvalue weighted by molar-refractivity contribution is -0.123. The van der Waals surface area contributed by atoms with E-state index >= 15 is 0 Å². The molecule has 1 aromatic heterocycles. The predicted molar refractivity (Wildman–Crippen MR) is 65.6 cm³/mol. The summed E-state index contributed by atoms with van der Waals surface area (Å²) in [7, 11) is 0. The molecule has 1 amide bonds. The van der Waals surface area contributed by atoms with Crippen molar-refractivity contribution in [3.05, 3.63) is 5.82 Å². The van der Waals surface area contributed by atoms with Crippen LogP contribution in [-0.2, 0) is 4.79 Å². The summed E-state index contributed by atoms with van der Waals surface area (Å²) >= 11 is 1.43. The van der Waals surface area contributed by atoms with E-state index in [1.165, 1.54) is 11.8 Å². The number of nitrogens with two attached hydrogens (primary N) is 1. The van der Waals surface area contributed by atoms with Crippen LogP contribution < -0.4 is 11.1 Å². The first kappa shape index (κ1) is 12.4. The normalized spacial score (nSPS) is 18.9. The van der Waals surface area contributed by atoms with E-state index in [9.17, 15) is 4.79 Å². The molecule has 94 valence electrons. The molecule has 1 aromatic rings. The van der Waals surface area contributed by atoms with Crippen LogP contribution in [0.15, 0.2) is 5.16 Å². The van der Waals surface area contributed by atoms with Gasteiger partial charge in [-0.25, -0.2) is 4.98 Å². The van der Waals surface area contributed by atoms with Crippen LogP contribution in [0.25, 0.3) is 0 Å². The van der Waals surface area contributed by atoms with Gasteiger partial charge in [-0.15, -0.1) is 5.10 Å². The van der Waals surface area contributed by atoms with Crippen molar-refractivity contribution in [2.24, 2.45) is 5.73 Å². The molecule has 1 aliphatic rings. The minimum Gasteiger partial charge on any atom is -0.368 e. The molecule has 0 spiro atoms. The Balaban J connectivity index is 1.95. The van der Waals surface area contributed by atoms with E-state index in [-0.39, 0.29) is 5.91 Å². The predicted octanol–water partition coefficient (Wildman–Crippen LogP) is 0.201. The molecule has 0 saturated heterocycles. The molecule has 0 aliphatic heterocycles. The molecule has 2 rings (SSSR count). The molecule has 7 heteroatoms. The van der Waals surface area contributed by atoms with Gasteiger partial charge < -0.3 is 11.1 Å². The van der Waals surface area contributed by atoms with E-state index in [1.807, 2.05) is 13.8 Å². The Morgan fingerprint density at radius 1 is 1.71 bits per heavy atom. The quantitative estimate of drug-likeness (QED) is 0.631. The van der Waals surface area contributed by atoms with Crippen molar-refractivity contribution in [2.45, 2.75) is 43.4 Å². The van der Waals surface area contributed by atoms with E-state index in [0.717, 1.165) is 18.7 Å². The summed E-state index contributed by atoms with van der Waals surface area (Å²) in [6.07, 6.45) is 2.24. The number of carbonyl (C=O) groups excluding carboxylic acids is 1. The van der Waals surface area contributed by atoms with Crippen LogP contribution in [0, 0.1) is 6.92 Å². The summed E-state index contributed by atoms with van der Waals surface area (Å²) in [6, 6.07) is 0.432. The maximum atomic E-state index is 11.5. The summed E-state index contributed by atoms with van der Waals surface area (Å²) < 4.78 is 0. The zero-order valence-corrected chi connectivity index (χ0v) is 10.8. The number of nitrogens with one attached hydrogen (secondary N) is 2. The lowest BCUT2D eigenvalue weighted by Gasteiger charge is -2.26. The average molecular weight is 255 g/mol. The standard InChI is InChI=1S/C10H17N5OS/c1-6-12-9(15-14-6)17-5-10(2,8(11)16)13-7-3-4-7/h7,13H,3-5H2,1-2H3,(H2,11,16)(H,12,14,15). The molecular weight excluding hydrogens is 238 g/mol. The summed E-state index contributed by atoms with van der Waals surface area (Å²) in [5.74, 6) is 0.975. The molecular formula is C10H17N5OS. The summed E-state index contributed by atoms with van der Waals surface area (Å²) in [5, 5.41) is 10.7. The third-order valence-corrected chi connectivity index (χ3v) is 3.87. The van der Waals surface area contributed by atoms with Gasteiger partial charge in [0, 0.05) is 11.8 Å². The molecule has 1 fully saturated rings. The molecule has 0 bridgehead atoms. The first-order valence-electron chi connectivity index (χ1n) is 5.59. The van der Waals surface area contributed by atoms with Crippen molar-refractivity contribution in [3.8, 4) is 0 Å². The second-order valence-electron chi connectivity index (χ2n) is 4.61. The van der Waals surface area contributed by atoms with Gasteiger partial charge in [0.15, 0.2) is 0 Å². The van der Waals surface area contributed by atoms with E-state index in [2.05, 4.69) is 20.5 Å². The van der Waals surface area contributed by atoms with Crippen LogP contribution >= 0.6 is 11.8 Å². The highest BCUT2D eigenvalue weighted by Gasteiger charge is 2.37. The zero-order valence-electron chi connectivity index (χ0n) is 9.99. The number of H-pyrrole nitrogens is 1. The van der Waals surface area contributed by atoms with Gasteiger partial charge in [0.1, 0.15) is 11.4 Å². The van der Waals surface area contributed by atoms with Gasteiger partial charge in [-0.05, 0) is 26.7 Å². The molecule has 17 heavy (non-hydrogen) atoms. The number of hydrogen-bond donors (Lipinski definition) is 3. The van der Waals surface area contributed by atoms with Crippen LogP contribution in [-0.4, -0.2) is 38.4 Å². The van der Waals surface area contributed by atoms with Crippen molar-refractivity contribution >= 4 is 17.7 Å². The van der Waals surface area contributed by atoms with Crippen LogP contribution in [0.4, 0.5) is 0 Å². The second-order valence-corrected chi connectivity index (χ2v) is 5.55. The fraction of sp³-hybridized carbons (Fsp3) is 0.700. The number of amides is 1. The molecule has 6 nitrogen and oxygen atoms in total. The van der Waals surface area contributed by atoms with Gasteiger partial charge >= 0.3 is 0 Å². The first-order chi connectivity index (χ1) is 7.99. The van der Waals surface area contributed by atoms with E-state index in [4.69, 9.17) is 5.73 Å². The number of aromatic amines is 1. The molecule has 1 unspecified atom stereocenters. The SMILES string of the molecule is Cc1nc(SCC(C)(NC2CC2)C(N)=O)n[nH]1. The number of primary amides is 1. The van der Waals surface area contributed by atoms with Crippen molar-refractivity contribution in [1.29, 1.82) is 0 Å². The maximum absolute atomic E-state index is 11.5. The molecule has 4 N–H and O–H groups in total. The Morgan fingerprint density at radius 2 is 2.41 bits per heavy atom. The number of hydrogen-bond acceptors (Lipinski definition) is 5. The van der Waals surface area contributed by atoms with Crippen molar-refractivity contribution in [1.82, 2.24) is 20.5 Å². The minimum atomic E-state index is -0.694. The van der Waals surface area contributed by atoms with Gasteiger partial charge in [0.05, 0.1) is 0 Å². The van der Waals surface area contributed by atoms with Crippen LogP contribution in [0.2, 0.25) is 0 Å². The van der Waals surface area contributed by atoms with Crippen LogP contribution in [0.5, 0.6) is 0 Å². The third-order valence-electron chi connectivity index (χ3n) is 2.71. The van der Waals surface area contributed by atoms with E-state index in [0.29, 0.717) is 17.0 Å². The summed E-state index contributed by atoms with van der Waals surface area (Å²) in [5.41, 5.74) is 4.76. The molecule has 0 aromatic carbocycles. The Labute approximate surface area is 104 Å². The van der Waals surface area contributed by atoms with Crippen LogP contribution in [0.3, 0.4) is 0 Å². The van der Waals surface area contributed by atoms with Crippen molar-refractivity contribution in [2.75, 3.05) is 5.75 Å². The number of aryl methyl sites for hydroxylation is 1. The zero-order chi connectivity index (χ0) is 12.5. The van der Waals surface area contributed by atoms with Gasteiger partial charge in [-0.1, -0.05) is 11.8 Å². The average Bonchev–Trinajstić information content (AvgIpc) is 2.96. The third kappa shape index (κ3) is 3.19. The lowest BCUT2D eigenvalue weighted by Crippen LogP contribution is -2.55. The van der Waals surface area contributed by atoms with Gasteiger partial charge in [0.2, 0.25) is 11.1 Å². The van der Waals surface area contributed by atoms with Gasteiger partial charge in [-0.2, -0.15) is 0 Å². The Hall–Kier alpha value is -1.08. The number of carbonyl (C=O) groups is 1. The first-order valence-corrected chi connectivity index (χ1v) is 6.57. The Bertz CT molecular complexity index is 417. The van der Waals surface area contributed by atoms with E-state index < -0.39 is 5.54 Å². The fourth-order valence-corrected chi connectivity index (χ4v) is 2.41. The minimum absolute atomic E-state index is 0.329. The molecule has 1 saturated carbocycles. The van der Waals surface area contributed by atoms with Crippen LogP contribution in [0.1, 0.15) is 25.6 Å². The number of rotatable bonds is 6. The molecule has 1 atom stereocenters. The monoisotopic (exact) mass is 255 g/mol. The number of thioether (sulfide) groups is 1. The Morgan fingerprint density at radius 3 is 2.88 bits per heavy atom. The largest absolute Gasteiger partial charge is 0.368 e. The van der Waals surface area contributed by atoms with Crippen molar-refractivity contribution < 1.29 is 4.79 Å². The molecule has 0 radical (unpaired) electrons. The highest BCUT2D eigenvalue weighted by Crippen LogP contribution is 2.26.